The molecule has 0 aromatic heterocycles. The highest BCUT2D eigenvalue weighted by Gasteiger charge is 2.50. The number of benzene rings is 2. The predicted molar refractivity (Wildman–Crippen MR) is 145 cm³/mol. The third kappa shape index (κ3) is 5.15. The first-order valence-corrected chi connectivity index (χ1v) is 13.4. The number of carboxylic acids is 1. The van der Waals surface area contributed by atoms with Gasteiger partial charge in [-0.25, -0.2) is 4.79 Å². The van der Waals surface area contributed by atoms with Gasteiger partial charge >= 0.3 is 5.97 Å². The molecule has 3 aliphatic rings. The lowest BCUT2D eigenvalue weighted by Crippen LogP contribution is -2.45. The molecule has 0 radical (unpaired) electrons. The molecule has 5 rings (SSSR count). The molecule has 202 valence electrons. The Kier molecular flexibility index (Phi) is 7.20. The SMILES string of the molecule is CC(C)(CC1C=Cc2c(OCC(=O)O)cccc21)NCC(O)COc1cccc2c1C1(CCCC1)C(=O)N2. The summed E-state index contributed by atoms with van der Waals surface area (Å²) in [6.07, 6.45) is 7.88. The zero-order valence-corrected chi connectivity index (χ0v) is 22.0. The van der Waals surface area contributed by atoms with Crippen molar-refractivity contribution in [2.24, 2.45) is 0 Å². The fourth-order valence-electron chi connectivity index (χ4n) is 6.14. The lowest BCUT2D eigenvalue weighted by molar-refractivity contribution is -0.139. The second-order valence-electron chi connectivity index (χ2n) is 11.3. The molecule has 8 heteroatoms. The minimum Gasteiger partial charge on any atom is -0.490 e. The standard InChI is InChI=1S/C30H36N2O6/c1-29(2,15-19-11-12-22-21(19)7-5-9-24(22)38-18-26(34)35)31-16-20(33)17-37-25-10-6-8-23-27(25)30(28(36)32-23)13-3-4-14-30/h5-12,19-20,31,33H,3-4,13-18H2,1-2H3,(H,32,36)(H,34,35). The van der Waals surface area contributed by atoms with Crippen LogP contribution in [0.4, 0.5) is 5.69 Å². The van der Waals surface area contributed by atoms with Gasteiger partial charge in [0.15, 0.2) is 6.61 Å². The average Bonchev–Trinajstić information content (AvgIpc) is 3.60. The van der Waals surface area contributed by atoms with Crippen molar-refractivity contribution in [3.8, 4) is 11.5 Å². The van der Waals surface area contributed by atoms with Gasteiger partial charge in [0.05, 0.1) is 5.41 Å². The zero-order chi connectivity index (χ0) is 26.9. The van der Waals surface area contributed by atoms with Gasteiger partial charge in [0.2, 0.25) is 5.91 Å². The summed E-state index contributed by atoms with van der Waals surface area (Å²) in [5.74, 6) is 0.455. The molecule has 38 heavy (non-hydrogen) atoms. The largest absolute Gasteiger partial charge is 0.490 e. The van der Waals surface area contributed by atoms with E-state index in [0.717, 1.165) is 54.5 Å². The minimum absolute atomic E-state index is 0.0631. The van der Waals surface area contributed by atoms with Gasteiger partial charge in [0, 0.05) is 34.8 Å². The van der Waals surface area contributed by atoms with E-state index in [1.807, 2.05) is 36.4 Å². The van der Waals surface area contributed by atoms with Crippen LogP contribution >= 0.6 is 0 Å². The number of carbonyl (C=O) groups excluding carboxylic acids is 1. The summed E-state index contributed by atoms with van der Waals surface area (Å²) in [6, 6.07) is 11.4. The second-order valence-corrected chi connectivity index (χ2v) is 11.3. The van der Waals surface area contributed by atoms with Crippen LogP contribution in [0.3, 0.4) is 0 Å². The normalized spacial score (nSPS) is 19.8. The number of aliphatic hydroxyl groups excluding tert-OH is 1. The number of anilines is 1. The molecule has 1 amide bonds. The van der Waals surface area contributed by atoms with E-state index in [4.69, 9.17) is 14.6 Å². The quantitative estimate of drug-likeness (QED) is 0.350. The van der Waals surface area contributed by atoms with Crippen molar-refractivity contribution in [2.75, 3.05) is 25.1 Å². The Morgan fingerprint density at radius 1 is 1.16 bits per heavy atom. The lowest BCUT2D eigenvalue weighted by Gasteiger charge is -2.31. The topological polar surface area (TPSA) is 117 Å². The third-order valence-electron chi connectivity index (χ3n) is 7.97. The lowest BCUT2D eigenvalue weighted by atomic mass is 9.79. The highest BCUT2D eigenvalue weighted by molar-refractivity contribution is 6.07. The molecule has 1 spiro atoms. The van der Waals surface area contributed by atoms with Crippen molar-refractivity contribution in [1.29, 1.82) is 0 Å². The number of amides is 1. The maximum atomic E-state index is 12.8. The molecular formula is C30H36N2O6. The van der Waals surface area contributed by atoms with Gasteiger partial charge in [0.25, 0.3) is 0 Å². The Morgan fingerprint density at radius 3 is 2.66 bits per heavy atom. The Bertz CT molecular complexity index is 1250. The van der Waals surface area contributed by atoms with Crippen LogP contribution in [0, 0.1) is 0 Å². The highest BCUT2D eigenvalue weighted by atomic mass is 16.5. The molecule has 2 atom stereocenters. The number of aliphatic carboxylic acids is 1. The monoisotopic (exact) mass is 520 g/mol. The summed E-state index contributed by atoms with van der Waals surface area (Å²) < 4.78 is 11.6. The fourth-order valence-corrected chi connectivity index (χ4v) is 6.14. The third-order valence-corrected chi connectivity index (χ3v) is 7.97. The van der Waals surface area contributed by atoms with E-state index in [2.05, 4.69) is 30.6 Å². The van der Waals surface area contributed by atoms with Crippen LogP contribution in [0.5, 0.6) is 11.5 Å². The number of carboxylic acid groups (broad SMARTS) is 1. The van der Waals surface area contributed by atoms with Gasteiger partial charge in [-0.15, -0.1) is 0 Å². The summed E-state index contributed by atoms with van der Waals surface area (Å²) in [6.45, 7) is 4.31. The molecule has 2 aromatic carbocycles. The number of ether oxygens (including phenoxy) is 2. The first-order chi connectivity index (χ1) is 18.2. The molecule has 1 saturated carbocycles. The maximum Gasteiger partial charge on any atom is 0.341 e. The van der Waals surface area contributed by atoms with Crippen molar-refractivity contribution in [3.05, 3.63) is 59.2 Å². The summed E-state index contributed by atoms with van der Waals surface area (Å²) in [5.41, 5.74) is 3.01. The summed E-state index contributed by atoms with van der Waals surface area (Å²) in [5, 5.41) is 26.2. The van der Waals surface area contributed by atoms with E-state index in [1.165, 1.54) is 0 Å². The van der Waals surface area contributed by atoms with Crippen LogP contribution in [0.15, 0.2) is 42.5 Å². The predicted octanol–water partition coefficient (Wildman–Crippen LogP) is 4.22. The smallest absolute Gasteiger partial charge is 0.341 e. The van der Waals surface area contributed by atoms with Gasteiger partial charge in [-0.05, 0) is 56.9 Å². The van der Waals surface area contributed by atoms with Crippen LogP contribution < -0.4 is 20.1 Å². The highest BCUT2D eigenvalue weighted by Crippen LogP contribution is 2.52. The van der Waals surface area contributed by atoms with Crippen molar-refractivity contribution < 1.29 is 29.3 Å². The van der Waals surface area contributed by atoms with E-state index in [1.54, 1.807) is 6.07 Å². The van der Waals surface area contributed by atoms with Crippen molar-refractivity contribution in [3.63, 3.8) is 0 Å². The van der Waals surface area contributed by atoms with Crippen LogP contribution in [-0.2, 0) is 15.0 Å². The van der Waals surface area contributed by atoms with Crippen molar-refractivity contribution in [2.45, 2.75) is 68.9 Å². The second kappa shape index (κ2) is 10.4. The number of aliphatic hydroxyl groups is 1. The molecule has 1 fully saturated rings. The van der Waals surface area contributed by atoms with Crippen molar-refractivity contribution in [1.82, 2.24) is 5.32 Å². The van der Waals surface area contributed by atoms with Crippen LogP contribution in [0.25, 0.3) is 6.08 Å². The van der Waals surface area contributed by atoms with Crippen LogP contribution in [0.2, 0.25) is 0 Å². The first-order valence-electron chi connectivity index (χ1n) is 13.4. The van der Waals surface area contributed by atoms with Crippen LogP contribution in [-0.4, -0.2) is 53.5 Å². The number of β-amino-alcohol motifs (C(OH)–C–C–N with tert-alkyl or cyclic N) is 1. The molecule has 2 unspecified atom stereocenters. The van der Waals surface area contributed by atoms with Gasteiger partial charge in [0.1, 0.15) is 24.2 Å². The van der Waals surface area contributed by atoms with Gasteiger partial charge in [-0.2, -0.15) is 0 Å². The average molecular weight is 521 g/mol. The van der Waals surface area contributed by atoms with Crippen LogP contribution in [0.1, 0.15) is 68.6 Å². The van der Waals surface area contributed by atoms with E-state index < -0.39 is 17.5 Å². The summed E-state index contributed by atoms with van der Waals surface area (Å²) in [4.78, 5) is 23.7. The minimum atomic E-state index is -1.01. The Hall–Kier alpha value is -3.36. The number of allylic oxidation sites excluding steroid dienone is 1. The molecule has 2 aliphatic carbocycles. The molecule has 1 heterocycles. The number of rotatable bonds is 11. The van der Waals surface area contributed by atoms with E-state index in [0.29, 0.717) is 18.0 Å². The zero-order valence-electron chi connectivity index (χ0n) is 22.0. The molecule has 0 bridgehead atoms. The Balaban J connectivity index is 1.17. The van der Waals surface area contributed by atoms with Gasteiger partial charge in [-0.1, -0.05) is 43.2 Å². The number of carbonyl (C=O) groups is 2. The first kappa shape index (κ1) is 26.3. The van der Waals surface area contributed by atoms with E-state index in [-0.39, 0.29) is 30.6 Å². The molecule has 4 N–H and O–H groups in total. The summed E-state index contributed by atoms with van der Waals surface area (Å²) >= 11 is 0. The van der Waals surface area contributed by atoms with Gasteiger partial charge in [-0.3, -0.25) is 4.79 Å². The van der Waals surface area contributed by atoms with Crippen molar-refractivity contribution >= 4 is 23.6 Å². The molecule has 1 aliphatic heterocycles. The molecule has 8 nitrogen and oxygen atoms in total. The number of nitrogens with one attached hydrogen (secondary N) is 2. The number of fused-ring (bicyclic) bond motifs is 3. The number of hydrogen-bond donors (Lipinski definition) is 4. The molecular weight excluding hydrogens is 484 g/mol. The molecule has 0 saturated heterocycles. The van der Waals surface area contributed by atoms with E-state index >= 15 is 0 Å². The van der Waals surface area contributed by atoms with Gasteiger partial charge < -0.3 is 30.3 Å². The molecule has 2 aromatic rings. The number of hydrogen-bond acceptors (Lipinski definition) is 6. The fraction of sp³-hybridized carbons (Fsp3) is 0.467. The Morgan fingerprint density at radius 2 is 1.89 bits per heavy atom. The maximum absolute atomic E-state index is 12.8. The van der Waals surface area contributed by atoms with E-state index in [9.17, 15) is 14.7 Å². The summed E-state index contributed by atoms with van der Waals surface area (Å²) in [7, 11) is 0. The Labute approximate surface area is 223 Å².